The van der Waals surface area contributed by atoms with Crippen LogP contribution in [0.3, 0.4) is 0 Å². The summed E-state index contributed by atoms with van der Waals surface area (Å²) in [6.45, 7) is 5.44. The molecule has 0 fully saturated rings. The summed E-state index contributed by atoms with van der Waals surface area (Å²) < 4.78 is 39.2. The summed E-state index contributed by atoms with van der Waals surface area (Å²) >= 11 is 0. The standard InChI is InChI=1S/C42H78O7S.H3N/c1-4-6-8-10-12-14-16-18-20-22-24-26-28-30-32-34-40(44)39(38-42(3,36-37-43)49-50(46,47)48)41(45)35-33-31-29-27-25-23-21-19-17-15-13-11-9-7-5-2;/h18-21,39,43H,4-17,22-38H2,1-3H3,(H,46,47,48);1H3/b20-18-,21-19-;. The number of unbranched alkanes of at least 4 members (excludes halogenated alkanes) is 22. The zero-order valence-electron chi connectivity index (χ0n) is 33.6. The minimum atomic E-state index is -5.08. The highest BCUT2D eigenvalue weighted by Gasteiger charge is 2.37. The summed E-state index contributed by atoms with van der Waals surface area (Å²) in [5.74, 6) is -1.49. The first-order chi connectivity index (χ1) is 24.1. The molecule has 0 amide bonds. The van der Waals surface area contributed by atoms with Gasteiger partial charge in [0.1, 0.15) is 11.6 Å². The van der Waals surface area contributed by atoms with E-state index in [2.05, 4.69) is 38.2 Å². The maximum absolute atomic E-state index is 13.3. The SMILES string of the molecule is CCCCCCCC/C=C\CCCCCCCC(=O)C(CC(C)(CCO)OS(=O)(=O)[O-])C(=O)CCCCCCC/C=C\CCCCCCCC.[NH4+]. The second kappa shape index (κ2) is 35.6. The van der Waals surface area contributed by atoms with Crippen molar-refractivity contribution in [2.75, 3.05) is 6.61 Å². The molecule has 8 nitrogen and oxygen atoms in total. The molecule has 0 aromatic carbocycles. The van der Waals surface area contributed by atoms with Crippen LogP contribution < -0.4 is 6.15 Å². The molecule has 0 aromatic heterocycles. The lowest BCUT2D eigenvalue weighted by Gasteiger charge is -2.32. The number of Topliss-reactive ketones (excluding diaryl/α,β-unsaturated/α-hetero) is 2. The number of aliphatic hydroxyl groups is 1. The van der Waals surface area contributed by atoms with E-state index in [4.69, 9.17) is 4.18 Å². The van der Waals surface area contributed by atoms with Gasteiger partial charge in [0.2, 0.25) is 10.4 Å². The lowest BCUT2D eigenvalue weighted by Crippen LogP contribution is -2.39. The number of quaternary nitrogens is 1. The molecule has 0 rings (SSSR count). The van der Waals surface area contributed by atoms with Crippen LogP contribution >= 0.6 is 0 Å². The van der Waals surface area contributed by atoms with Crippen molar-refractivity contribution in [1.29, 1.82) is 0 Å². The predicted molar refractivity (Wildman–Crippen MR) is 214 cm³/mol. The average molecular weight is 744 g/mol. The van der Waals surface area contributed by atoms with E-state index in [9.17, 15) is 27.7 Å². The molecule has 0 radical (unpaired) electrons. The van der Waals surface area contributed by atoms with E-state index < -0.39 is 28.5 Å². The van der Waals surface area contributed by atoms with Crippen molar-refractivity contribution in [2.45, 2.75) is 219 Å². The highest BCUT2D eigenvalue weighted by molar-refractivity contribution is 7.80. The van der Waals surface area contributed by atoms with Gasteiger partial charge in [-0.1, -0.05) is 141 Å². The molecule has 0 spiro atoms. The van der Waals surface area contributed by atoms with Crippen molar-refractivity contribution in [2.24, 2.45) is 5.92 Å². The molecule has 51 heavy (non-hydrogen) atoms. The Morgan fingerprint density at radius 1 is 0.608 bits per heavy atom. The quantitative estimate of drug-likeness (QED) is 0.0209. The first-order valence-corrected chi connectivity index (χ1v) is 22.0. The van der Waals surface area contributed by atoms with Crippen LogP contribution in [-0.4, -0.2) is 41.9 Å². The van der Waals surface area contributed by atoms with Gasteiger partial charge in [0.25, 0.3) is 0 Å². The summed E-state index contributed by atoms with van der Waals surface area (Å²) in [4.78, 5) is 26.7. The molecule has 302 valence electrons. The summed E-state index contributed by atoms with van der Waals surface area (Å²) in [7, 11) is -5.08. The van der Waals surface area contributed by atoms with E-state index >= 15 is 0 Å². The summed E-state index contributed by atoms with van der Waals surface area (Å²) in [5.41, 5.74) is -1.61. The Balaban J connectivity index is 0. The molecule has 0 saturated carbocycles. The van der Waals surface area contributed by atoms with Gasteiger partial charge in [-0.15, -0.1) is 0 Å². The lowest BCUT2D eigenvalue weighted by molar-refractivity contribution is -0.135. The van der Waals surface area contributed by atoms with Crippen LogP contribution in [0.5, 0.6) is 0 Å². The van der Waals surface area contributed by atoms with Crippen LogP contribution in [-0.2, 0) is 24.2 Å². The second-order valence-electron chi connectivity index (χ2n) is 14.8. The molecule has 0 aromatic rings. The van der Waals surface area contributed by atoms with Crippen LogP contribution in [0.15, 0.2) is 24.3 Å². The number of aliphatic hydroxyl groups excluding tert-OH is 1. The fourth-order valence-electron chi connectivity index (χ4n) is 6.59. The predicted octanol–water partition coefficient (Wildman–Crippen LogP) is 12.2. The number of carbonyl (C=O) groups is 2. The molecule has 1 atom stereocenters. The first-order valence-electron chi connectivity index (χ1n) is 20.7. The third-order valence-corrected chi connectivity index (χ3v) is 10.3. The fraction of sp³-hybridized carbons (Fsp3) is 0.857. The molecule has 0 bridgehead atoms. The Labute approximate surface area is 315 Å². The van der Waals surface area contributed by atoms with E-state index in [1.807, 2.05) is 0 Å². The summed E-state index contributed by atoms with van der Waals surface area (Å²) in [5, 5.41) is 9.54. The van der Waals surface area contributed by atoms with Crippen molar-refractivity contribution in [1.82, 2.24) is 6.15 Å². The van der Waals surface area contributed by atoms with Gasteiger partial charge in [0.15, 0.2) is 0 Å². The Bertz CT molecular complexity index is 930. The first kappa shape index (κ1) is 51.7. The highest BCUT2D eigenvalue weighted by Crippen LogP contribution is 2.30. The van der Waals surface area contributed by atoms with Gasteiger partial charge in [-0.05, 0) is 77.6 Å². The van der Waals surface area contributed by atoms with E-state index in [0.29, 0.717) is 12.8 Å². The minimum absolute atomic E-state index is 0. The maximum Gasteiger partial charge on any atom is 0.218 e. The van der Waals surface area contributed by atoms with Crippen LogP contribution in [0.25, 0.3) is 0 Å². The number of carbonyl (C=O) groups excluding carboxylic acids is 2. The van der Waals surface area contributed by atoms with Gasteiger partial charge in [0, 0.05) is 25.9 Å². The van der Waals surface area contributed by atoms with Gasteiger partial charge in [-0.2, -0.15) is 0 Å². The molecule has 0 saturated heterocycles. The van der Waals surface area contributed by atoms with E-state index in [0.717, 1.165) is 77.0 Å². The molecular weight excluding hydrogens is 663 g/mol. The molecule has 5 N–H and O–H groups in total. The summed E-state index contributed by atoms with van der Waals surface area (Å²) in [6, 6.07) is 0. The fourth-order valence-corrected chi connectivity index (χ4v) is 7.23. The monoisotopic (exact) mass is 744 g/mol. The lowest BCUT2D eigenvalue weighted by atomic mass is 9.81. The van der Waals surface area contributed by atoms with Crippen molar-refractivity contribution >= 4 is 22.0 Å². The van der Waals surface area contributed by atoms with Crippen molar-refractivity contribution in [3.8, 4) is 0 Å². The zero-order valence-corrected chi connectivity index (χ0v) is 34.4. The van der Waals surface area contributed by atoms with E-state index in [1.54, 1.807) is 0 Å². The van der Waals surface area contributed by atoms with E-state index in [1.165, 1.54) is 84.0 Å². The number of hydrogen-bond donors (Lipinski definition) is 2. The van der Waals surface area contributed by atoms with Gasteiger partial charge in [-0.3, -0.25) is 13.8 Å². The Hall–Kier alpha value is -1.39. The van der Waals surface area contributed by atoms with Crippen molar-refractivity contribution in [3.63, 3.8) is 0 Å². The molecule has 0 aliphatic rings. The van der Waals surface area contributed by atoms with Gasteiger partial charge in [0.05, 0.1) is 11.5 Å². The normalized spacial score (nSPS) is 13.3. The van der Waals surface area contributed by atoms with Crippen LogP contribution in [0.2, 0.25) is 0 Å². The molecule has 1 unspecified atom stereocenters. The van der Waals surface area contributed by atoms with Gasteiger partial charge >= 0.3 is 0 Å². The topological polar surface area (TPSA) is 157 Å². The van der Waals surface area contributed by atoms with E-state index in [-0.39, 0.29) is 43.4 Å². The van der Waals surface area contributed by atoms with Gasteiger partial charge in [-0.25, -0.2) is 8.42 Å². The van der Waals surface area contributed by atoms with Crippen molar-refractivity contribution in [3.05, 3.63) is 24.3 Å². The molecule has 9 heteroatoms. The van der Waals surface area contributed by atoms with Crippen LogP contribution in [0, 0.1) is 5.92 Å². The minimum Gasteiger partial charge on any atom is -0.726 e. The molecule has 0 aliphatic heterocycles. The smallest absolute Gasteiger partial charge is 0.218 e. The van der Waals surface area contributed by atoms with Crippen LogP contribution in [0.1, 0.15) is 213 Å². The number of allylic oxidation sites excluding steroid dienone is 4. The van der Waals surface area contributed by atoms with Crippen molar-refractivity contribution < 1.29 is 31.8 Å². The summed E-state index contributed by atoms with van der Waals surface area (Å²) in [6.07, 6.45) is 39.2. The highest BCUT2D eigenvalue weighted by atomic mass is 32.3. The molecule has 0 heterocycles. The number of rotatable bonds is 38. The average Bonchev–Trinajstić information content (AvgIpc) is 3.06. The van der Waals surface area contributed by atoms with Crippen LogP contribution in [0.4, 0.5) is 0 Å². The second-order valence-corrected chi connectivity index (χ2v) is 15.8. The molecule has 0 aliphatic carbocycles. The Morgan fingerprint density at radius 3 is 1.24 bits per heavy atom. The number of hydrogen-bond acceptors (Lipinski definition) is 7. The Kier molecular flexibility index (Phi) is 36.1. The maximum atomic E-state index is 13.3. The number of ketones is 2. The third kappa shape index (κ3) is 34.1. The largest absolute Gasteiger partial charge is 0.726 e. The zero-order chi connectivity index (χ0) is 37.2. The Morgan fingerprint density at radius 2 is 0.922 bits per heavy atom. The third-order valence-electron chi connectivity index (χ3n) is 9.73. The van der Waals surface area contributed by atoms with Gasteiger partial charge < -0.3 is 15.8 Å². The molecular formula is C42H81NO7S.